The van der Waals surface area contributed by atoms with E-state index in [4.69, 9.17) is 4.74 Å². The van der Waals surface area contributed by atoms with Gasteiger partial charge in [-0.3, -0.25) is 29.4 Å². The first-order valence-corrected chi connectivity index (χ1v) is 14.1. The molecule has 1 saturated heterocycles. The van der Waals surface area contributed by atoms with Crippen molar-refractivity contribution in [3.05, 3.63) is 65.5 Å². The SMILES string of the molecule is CC(=O)Nc1ccc2[nH]cc(C3=C(c4c[nH]c5ccc(CC(O)C(NC(C)=O)N6CCOCC6)cc45)C(=O)NC3=O)c2c1. The van der Waals surface area contributed by atoms with Gasteiger partial charge in [0.25, 0.3) is 11.8 Å². The Morgan fingerprint density at radius 1 is 0.907 bits per heavy atom. The number of benzene rings is 2. The molecule has 6 rings (SSSR count). The van der Waals surface area contributed by atoms with Crippen LogP contribution in [0.2, 0.25) is 0 Å². The van der Waals surface area contributed by atoms with E-state index in [0.29, 0.717) is 53.9 Å². The van der Waals surface area contributed by atoms with E-state index in [1.807, 2.05) is 23.1 Å². The van der Waals surface area contributed by atoms with Gasteiger partial charge in [0.15, 0.2) is 0 Å². The highest BCUT2D eigenvalue weighted by Gasteiger charge is 2.35. The van der Waals surface area contributed by atoms with Gasteiger partial charge in [-0.1, -0.05) is 6.07 Å². The fourth-order valence-corrected chi connectivity index (χ4v) is 5.93. The number of aliphatic hydroxyl groups excluding tert-OH is 1. The second-order valence-electron chi connectivity index (χ2n) is 10.8. The van der Waals surface area contributed by atoms with Crippen LogP contribution in [0.1, 0.15) is 30.5 Å². The summed E-state index contributed by atoms with van der Waals surface area (Å²) in [6.07, 6.45) is 2.13. The Morgan fingerprint density at radius 3 is 2.12 bits per heavy atom. The molecule has 0 saturated carbocycles. The number of rotatable bonds is 8. The summed E-state index contributed by atoms with van der Waals surface area (Å²) in [6.45, 7) is 5.05. The highest BCUT2D eigenvalue weighted by Crippen LogP contribution is 2.38. The normalized spacial score (nSPS) is 17.4. The number of morpholine rings is 1. The Balaban J connectivity index is 1.38. The molecule has 43 heavy (non-hydrogen) atoms. The van der Waals surface area contributed by atoms with Crippen LogP contribution in [0.3, 0.4) is 0 Å². The van der Waals surface area contributed by atoms with Gasteiger partial charge in [0.05, 0.1) is 30.5 Å². The van der Waals surface area contributed by atoms with Crippen molar-refractivity contribution in [2.45, 2.75) is 32.5 Å². The van der Waals surface area contributed by atoms with Gasteiger partial charge < -0.3 is 30.4 Å². The fraction of sp³-hybridized carbons (Fsp3) is 0.290. The zero-order valence-electron chi connectivity index (χ0n) is 23.7. The molecule has 1 fully saturated rings. The predicted octanol–water partition coefficient (Wildman–Crippen LogP) is 1.87. The summed E-state index contributed by atoms with van der Waals surface area (Å²) in [7, 11) is 0. The molecule has 4 heterocycles. The van der Waals surface area contributed by atoms with Crippen LogP contribution in [0.4, 0.5) is 5.69 Å². The van der Waals surface area contributed by atoms with Gasteiger partial charge in [0.1, 0.15) is 6.17 Å². The molecule has 0 radical (unpaired) electrons. The fourth-order valence-electron chi connectivity index (χ4n) is 5.93. The summed E-state index contributed by atoms with van der Waals surface area (Å²) in [5.74, 6) is -1.50. The van der Waals surface area contributed by atoms with E-state index in [1.54, 1.807) is 30.6 Å². The van der Waals surface area contributed by atoms with Crippen molar-refractivity contribution >= 4 is 62.3 Å². The minimum absolute atomic E-state index is 0.223. The van der Waals surface area contributed by atoms with E-state index in [1.165, 1.54) is 13.8 Å². The summed E-state index contributed by atoms with van der Waals surface area (Å²) in [5, 5.41) is 20.7. The third kappa shape index (κ3) is 5.55. The second-order valence-corrected chi connectivity index (χ2v) is 10.8. The summed E-state index contributed by atoms with van der Waals surface area (Å²) in [5.41, 5.74) is 4.39. The number of H-pyrrole nitrogens is 2. The molecule has 2 aliphatic rings. The number of nitrogens with zero attached hydrogens (tertiary/aromatic N) is 1. The highest BCUT2D eigenvalue weighted by atomic mass is 16.5. The standard InChI is InChI=1S/C31H32N6O6/c1-16(38)34-19-4-6-25-21(13-19)23(15-33-25)28-27(30(41)36-31(28)42)22-14-32-24-5-3-18(11-20(22)24)12-26(40)29(35-17(2)39)37-7-9-43-10-8-37/h3-6,11,13-15,26,29,32-33,40H,7-10,12H2,1-2H3,(H,34,38)(H,35,39)(H,36,41,42). The third-order valence-electron chi connectivity index (χ3n) is 7.82. The van der Waals surface area contributed by atoms with Crippen LogP contribution >= 0.6 is 0 Å². The smallest absolute Gasteiger partial charge is 0.259 e. The van der Waals surface area contributed by atoms with Crippen molar-refractivity contribution in [2.24, 2.45) is 0 Å². The second kappa shape index (κ2) is 11.5. The van der Waals surface area contributed by atoms with Gasteiger partial charge in [-0.15, -0.1) is 0 Å². The zero-order valence-corrected chi connectivity index (χ0v) is 23.7. The van der Waals surface area contributed by atoms with Crippen molar-refractivity contribution in [1.29, 1.82) is 0 Å². The number of imide groups is 1. The summed E-state index contributed by atoms with van der Waals surface area (Å²) < 4.78 is 5.43. The molecule has 2 aromatic heterocycles. The molecule has 222 valence electrons. The van der Waals surface area contributed by atoms with Crippen LogP contribution in [0.5, 0.6) is 0 Å². The molecule has 0 aliphatic carbocycles. The minimum Gasteiger partial charge on any atom is -0.389 e. The molecule has 12 heteroatoms. The number of carbonyl (C=O) groups is 4. The molecule has 4 aromatic rings. The Hall–Kier alpha value is -4.78. The number of amides is 4. The topological polar surface area (TPSA) is 169 Å². The largest absolute Gasteiger partial charge is 0.389 e. The number of aromatic amines is 2. The number of nitrogens with one attached hydrogen (secondary N) is 5. The van der Waals surface area contributed by atoms with E-state index in [2.05, 4.69) is 25.9 Å². The number of fused-ring (bicyclic) bond motifs is 2. The highest BCUT2D eigenvalue weighted by molar-refractivity contribution is 6.50. The number of hydrogen-bond acceptors (Lipinski definition) is 7. The minimum atomic E-state index is -0.906. The van der Waals surface area contributed by atoms with Crippen LogP contribution in [-0.4, -0.2) is 82.2 Å². The first-order valence-electron chi connectivity index (χ1n) is 14.1. The van der Waals surface area contributed by atoms with E-state index in [-0.39, 0.29) is 29.4 Å². The van der Waals surface area contributed by atoms with E-state index in [0.717, 1.165) is 16.6 Å². The van der Waals surface area contributed by atoms with Gasteiger partial charge in [-0.2, -0.15) is 0 Å². The predicted molar refractivity (Wildman–Crippen MR) is 161 cm³/mol. The van der Waals surface area contributed by atoms with Crippen molar-refractivity contribution in [3.63, 3.8) is 0 Å². The molecule has 2 unspecified atom stereocenters. The van der Waals surface area contributed by atoms with Crippen LogP contribution in [0, 0.1) is 0 Å². The molecular formula is C31H32N6O6. The van der Waals surface area contributed by atoms with E-state index in [9.17, 15) is 24.3 Å². The lowest BCUT2D eigenvalue weighted by Gasteiger charge is -2.37. The summed E-state index contributed by atoms with van der Waals surface area (Å²) >= 11 is 0. The average Bonchev–Trinajstić information content (AvgIpc) is 3.65. The van der Waals surface area contributed by atoms with Gasteiger partial charge >= 0.3 is 0 Å². The lowest BCUT2D eigenvalue weighted by atomic mass is 9.94. The van der Waals surface area contributed by atoms with Gasteiger partial charge in [-0.05, 0) is 35.9 Å². The molecule has 4 amide bonds. The van der Waals surface area contributed by atoms with Crippen LogP contribution in [0.15, 0.2) is 48.8 Å². The van der Waals surface area contributed by atoms with Crippen LogP contribution in [-0.2, 0) is 30.3 Å². The molecule has 6 N–H and O–H groups in total. The molecule has 2 atom stereocenters. The first kappa shape index (κ1) is 28.3. The lowest BCUT2D eigenvalue weighted by Crippen LogP contribution is -2.57. The average molecular weight is 585 g/mol. The number of hydrogen-bond donors (Lipinski definition) is 6. The number of aliphatic hydroxyl groups is 1. The van der Waals surface area contributed by atoms with Gasteiger partial charge in [-0.25, -0.2) is 0 Å². The Labute approximate surface area is 246 Å². The van der Waals surface area contributed by atoms with Gasteiger partial charge in [0, 0.05) is 84.4 Å². The quantitative estimate of drug-likeness (QED) is 0.172. The van der Waals surface area contributed by atoms with E-state index < -0.39 is 24.1 Å². The number of ether oxygens (including phenoxy) is 1. The van der Waals surface area contributed by atoms with Crippen molar-refractivity contribution in [1.82, 2.24) is 25.5 Å². The number of anilines is 1. The lowest BCUT2D eigenvalue weighted by molar-refractivity contribution is -0.124. The molecular weight excluding hydrogens is 552 g/mol. The maximum Gasteiger partial charge on any atom is 0.259 e. The summed E-state index contributed by atoms with van der Waals surface area (Å²) in [4.78, 5) is 58.4. The van der Waals surface area contributed by atoms with Crippen LogP contribution in [0.25, 0.3) is 33.0 Å². The number of aromatic nitrogens is 2. The Morgan fingerprint density at radius 2 is 1.51 bits per heavy atom. The summed E-state index contributed by atoms with van der Waals surface area (Å²) in [6, 6.07) is 11.0. The van der Waals surface area contributed by atoms with Gasteiger partial charge in [0.2, 0.25) is 11.8 Å². The Kier molecular flexibility index (Phi) is 7.57. The van der Waals surface area contributed by atoms with Crippen LogP contribution < -0.4 is 16.0 Å². The van der Waals surface area contributed by atoms with E-state index >= 15 is 0 Å². The maximum atomic E-state index is 13.2. The molecule has 2 aromatic carbocycles. The molecule has 0 bridgehead atoms. The molecule has 0 spiro atoms. The number of carbonyl (C=O) groups excluding carboxylic acids is 4. The molecule has 12 nitrogen and oxygen atoms in total. The zero-order chi connectivity index (χ0) is 30.2. The Bertz CT molecular complexity index is 1800. The maximum absolute atomic E-state index is 13.2. The monoisotopic (exact) mass is 584 g/mol. The first-order chi connectivity index (χ1) is 20.7. The third-order valence-corrected chi connectivity index (χ3v) is 7.82. The van der Waals surface area contributed by atoms with Crippen molar-refractivity contribution in [2.75, 3.05) is 31.6 Å². The van der Waals surface area contributed by atoms with Crippen molar-refractivity contribution in [3.8, 4) is 0 Å². The molecule has 2 aliphatic heterocycles. The van der Waals surface area contributed by atoms with Crippen molar-refractivity contribution < 1.29 is 29.0 Å².